The summed E-state index contributed by atoms with van der Waals surface area (Å²) in [6.07, 6.45) is 1.28. The van der Waals surface area contributed by atoms with Crippen LogP contribution in [0.3, 0.4) is 0 Å². The molecular formula is C17H24N4O2S. The van der Waals surface area contributed by atoms with Crippen molar-refractivity contribution in [3.05, 3.63) is 36.0 Å². The van der Waals surface area contributed by atoms with E-state index in [0.717, 1.165) is 24.2 Å². The average molecular weight is 348 g/mol. The molecule has 1 aromatic heterocycles. The Kier molecular flexibility index (Phi) is 5.03. The van der Waals surface area contributed by atoms with Gasteiger partial charge in [-0.3, -0.25) is 4.72 Å². The lowest BCUT2D eigenvalue weighted by Gasteiger charge is -2.23. The van der Waals surface area contributed by atoms with E-state index in [2.05, 4.69) is 15.0 Å². The van der Waals surface area contributed by atoms with Crippen LogP contribution in [0.15, 0.2) is 30.3 Å². The molecule has 0 amide bonds. The molecule has 2 heterocycles. The second-order valence-corrected chi connectivity index (χ2v) is 8.47. The lowest BCUT2D eigenvalue weighted by Crippen LogP contribution is -2.38. The van der Waals surface area contributed by atoms with Gasteiger partial charge in [-0.15, -0.1) is 0 Å². The number of fused-ring (bicyclic) bond motifs is 1. The third kappa shape index (κ3) is 3.85. The first-order valence-corrected chi connectivity index (χ1v) is 9.76. The number of sulfonamides is 1. The third-order valence-corrected chi connectivity index (χ3v) is 6.09. The smallest absolute Gasteiger partial charge is 0.235 e. The van der Waals surface area contributed by atoms with E-state index in [4.69, 9.17) is 0 Å². The highest BCUT2D eigenvalue weighted by Crippen LogP contribution is 2.25. The van der Waals surface area contributed by atoms with Crippen molar-refractivity contribution in [3.63, 3.8) is 0 Å². The number of pyridine rings is 1. The standard InChI is InChI=1S/C17H24N4O2S/c1-21(2)12-14-7-6-13-4-3-5-16(17(13)19-14)20-24(22,23)15-8-10-18-11-9-15/h3-7,15,18,20H,8-12H2,1-2H3. The van der Waals surface area contributed by atoms with Crippen LogP contribution in [0.1, 0.15) is 18.5 Å². The summed E-state index contributed by atoms with van der Waals surface area (Å²) >= 11 is 0. The Balaban J connectivity index is 1.93. The van der Waals surface area contributed by atoms with E-state index in [0.29, 0.717) is 30.6 Å². The summed E-state index contributed by atoms with van der Waals surface area (Å²) in [5, 5.41) is 3.78. The van der Waals surface area contributed by atoms with E-state index in [1.165, 1.54) is 0 Å². The number of piperidine rings is 1. The summed E-state index contributed by atoms with van der Waals surface area (Å²) in [5.74, 6) is 0. The van der Waals surface area contributed by atoms with Gasteiger partial charge in [0, 0.05) is 11.9 Å². The summed E-state index contributed by atoms with van der Waals surface area (Å²) in [6, 6.07) is 9.56. The Morgan fingerprint density at radius 1 is 1.21 bits per heavy atom. The van der Waals surface area contributed by atoms with Gasteiger partial charge in [0.05, 0.1) is 22.1 Å². The minimum absolute atomic E-state index is 0.348. The van der Waals surface area contributed by atoms with Crippen LogP contribution in [-0.4, -0.2) is 50.7 Å². The number of nitrogens with one attached hydrogen (secondary N) is 2. The van der Waals surface area contributed by atoms with E-state index < -0.39 is 10.0 Å². The molecular weight excluding hydrogens is 324 g/mol. The molecule has 0 bridgehead atoms. The Bertz CT molecular complexity index is 814. The highest BCUT2D eigenvalue weighted by atomic mass is 32.2. The molecule has 1 aliphatic heterocycles. The molecule has 1 aromatic carbocycles. The molecule has 1 fully saturated rings. The van der Waals surface area contributed by atoms with Gasteiger partial charge in [-0.1, -0.05) is 18.2 Å². The highest BCUT2D eigenvalue weighted by Gasteiger charge is 2.27. The fraction of sp³-hybridized carbons (Fsp3) is 0.471. The number of anilines is 1. The summed E-state index contributed by atoms with van der Waals surface area (Å²) in [4.78, 5) is 6.70. The van der Waals surface area contributed by atoms with Crippen LogP contribution >= 0.6 is 0 Å². The second kappa shape index (κ2) is 7.04. The topological polar surface area (TPSA) is 74.3 Å². The van der Waals surface area contributed by atoms with E-state index in [9.17, 15) is 8.42 Å². The van der Waals surface area contributed by atoms with Gasteiger partial charge in [-0.25, -0.2) is 13.4 Å². The molecule has 1 saturated heterocycles. The van der Waals surface area contributed by atoms with E-state index in [1.54, 1.807) is 6.07 Å². The fourth-order valence-electron chi connectivity index (χ4n) is 3.02. The number of para-hydroxylation sites is 1. The Hall–Kier alpha value is -1.70. The maximum absolute atomic E-state index is 12.7. The largest absolute Gasteiger partial charge is 0.317 e. The molecule has 2 N–H and O–H groups in total. The first-order valence-electron chi connectivity index (χ1n) is 8.21. The van der Waals surface area contributed by atoms with Crippen LogP contribution in [0.5, 0.6) is 0 Å². The average Bonchev–Trinajstić information content (AvgIpc) is 2.55. The van der Waals surface area contributed by atoms with Crippen molar-refractivity contribution in [3.8, 4) is 0 Å². The number of aromatic nitrogens is 1. The zero-order valence-corrected chi connectivity index (χ0v) is 14.9. The van der Waals surface area contributed by atoms with Crippen LogP contribution in [0, 0.1) is 0 Å². The lowest BCUT2D eigenvalue weighted by molar-refractivity contribution is 0.397. The van der Waals surface area contributed by atoms with Crippen LogP contribution < -0.4 is 10.0 Å². The molecule has 0 radical (unpaired) electrons. The summed E-state index contributed by atoms with van der Waals surface area (Å²) < 4.78 is 28.2. The minimum Gasteiger partial charge on any atom is -0.317 e. The van der Waals surface area contributed by atoms with Gasteiger partial charge in [-0.2, -0.15) is 0 Å². The van der Waals surface area contributed by atoms with Gasteiger partial charge in [0.1, 0.15) is 0 Å². The molecule has 1 aliphatic rings. The molecule has 3 rings (SSSR count). The summed E-state index contributed by atoms with van der Waals surface area (Å²) in [5.41, 5.74) is 2.18. The molecule has 0 unspecified atom stereocenters. The zero-order valence-electron chi connectivity index (χ0n) is 14.1. The van der Waals surface area contributed by atoms with Crippen molar-refractivity contribution in [1.29, 1.82) is 0 Å². The van der Waals surface area contributed by atoms with Crippen molar-refractivity contribution in [2.45, 2.75) is 24.6 Å². The number of hydrogen-bond acceptors (Lipinski definition) is 5. The molecule has 6 nitrogen and oxygen atoms in total. The molecule has 0 aliphatic carbocycles. The second-order valence-electron chi connectivity index (χ2n) is 6.51. The molecule has 24 heavy (non-hydrogen) atoms. The number of nitrogens with zero attached hydrogens (tertiary/aromatic N) is 2. The monoisotopic (exact) mass is 348 g/mol. The zero-order chi connectivity index (χ0) is 17.2. The van der Waals surface area contributed by atoms with Gasteiger partial charge in [0.15, 0.2) is 0 Å². The molecule has 7 heteroatoms. The van der Waals surface area contributed by atoms with Crippen molar-refractivity contribution in [1.82, 2.24) is 15.2 Å². The minimum atomic E-state index is -3.40. The molecule has 0 saturated carbocycles. The van der Waals surface area contributed by atoms with Crippen molar-refractivity contribution in [2.24, 2.45) is 0 Å². The molecule has 0 atom stereocenters. The third-order valence-electron chi connectivity index (χ3n) is 4.23. The number of rotatable bonds is 5. The van der Waals surface area contributed by atoms with Crippen LogP contribution in [0.2, 0.25) is 0 Å². The van der Waals surface area contributed by atoms with E-state index >= 15 is 0 Å². The van der Waals surface area contributed by atoms with Gasteiger partial charge in [0.25, 0.3) is 0 Å². The maximum Gasteiger partial charge on any atom is 0.235 e. The quantitative estimate of drug-likeness (QED) is 0.862. The Morgan fingerprint density at radius 3 is 2.67 bits per heavy atom. The molecule has 130 valence electrons. The van der Waals surface area contributed by atoms with Crippen molar-refractivity contribution < 1.29 is 8.42 Å². The van der Waals surface area contributed by atoms with Crippen LogP contribution in [0.4, 0.5) is 5.69 Å². The number of hydrogen-bond donors (Lipinski definition) is 2. The predicted molar refractivity (Wildman–Crippen MR) is 97.6 cm³/mol. The van der Waals surface area contributed by atoms with Crippen molar-refractivity contribution >= 4 is 26.6 Å². The predicted octanol–water partition coefficient (Wildman–Crippen LogP) is 1.79. The van der Waals surface area contributed by atoms with Crippen LogP contribution in [-0.2, 0) is 16.6 Å². The molecule has 0 spiro atoms. The fourth-order valence-corrected chi connectivity index (χ4v) is 4.52. The van der Waals surface area contributed by atoms with Gasteiger partial charge in [0.2, 0.25) is 10.0 Å². The van der Waals surface area contributed by atoms with Gasteiger partial charge in [-0.05, 0) is 52.2 Å². The highest BCUT2D eigenvalue weighted by molar-refractivity contribution is 7.93. The van der Waals surface area contributed by atoms with Crippen molar-refractivity contribution in [2.75, 3.05) is 31.9 Å². The Labute approximate surface area is 143 Å². The summed E-state index contributed by atoms with van der Waals surface area (Å²) in [6.45, 7) is 2.20. The molecule has 2 aromatic rings. The van der Waals surface area contributed by atoms with Gasteiger partial charge >= 0.3 is 0 Å². The summed E-state index contributed by atoms with van der Waals surface area (Å²) in [7, 11) is 0.563. The van der Waals surface area contributed by atoms with E-state index in [-0.39, 0.29) is 5.25 Å². The first-order chi connectivity index (χ1) is 11.5. The maximum atomic E-state index is 12.7. The first kappa shape index (κ1) is 17.1. The SMILES string of the molecule is CN(C)Cc1ccc2cccc(NS(=O)(=O)C3CCNCC3)c2n1. The van der Waals surface area contributed by atoms with Gasteiger partial charge < -0.3 is 10.2 Å². The van der Waals surface area contributed by atoms with E-state index in [1.807, 2.05) is 43.3 Å². The van der Waals surface area contributed by atoms with Crippen LogP contribution in [0.25, 0.3) is 10.9 Å². The normalized spacial score (nSPS) is 16.6. The Morgan fingerprint density at radius 2 is 1.96 bits per heavy atom. The lowest BCUT2D eigenvalue weighted by atomic mass is 10.2. The number of benzene rings is 1.